The van der Waals surface area contributed by atoms with Crippen LogP contribution < -0.4 is 10.6 Å². The Labute approximate surface area is 151 Å². The van der Waals surface area contributed by atoms with Crippen LogP contribution in [0.25, 0.3) is 11.1 Å². The predicted octanol–water partition coefficient (Wildman–Crippen LogP) is 4.24. The number of rotatable bonds is 4. The third-order valence-electron chi connectivity index (χ3n) is 3.66. The van der Waals surface area contributed by atoms with Crippen molar-refractivity contribution in [2.24, 2.45) is 0 Å². The number of hydrogen-bond acceptors (Lipinski definition) is 3. The van der Waals surface area contributed by atoms with E-state index in [4.69, 9.17) is 4.55 Å². The first-order valence-corrected chi connectivity index (χ1v) is 9.17. The van der Waals surface area contributed by atoms with Crippen LogP contribution in [-0.4, -0.2) is 19.0 Å². The van der Waals surface area contributed by atoms with Gasteiger partial charge in [0.25, 0.3) is 10.1 Å². The van der Waals surface area contributed by atoms with E-state index in [-0.39, 0.29) is 4.90 Å². The number of carbonyl (C=O) groups is 1. The number of anilines is 2. The Balaban J connectivity index is 1.63. The van der Waals surface area contributed by atoms with E-state index in [0.29, 0.717) is 11.4 Å². The highest BCUT2D eigenvalue weighted by atomic mass is 32.2. The first kappa shape index (κ1) is 17.7. The molecule has 0 spiro atoms. The molecule has 6 nitrogen and oxygen atoms in total. The first-order valence-electron chi connectivity index (χ1n) is 7.73. The molecule has 0 aliphatic rings. The van der Waals surface area contributed by atoms with Crippen molar-refractivity contribution in [2.75, 3.05) is 10.6 Å². The lowest BCUT2D eigenvalue weighted by molar-refractivity contribution is 0.262. The molecule has 0 unspecified atom stereocenters. The fourth-order valence-electron chi connectivity index (χ4n) is 2.38. The van der Waals surface area contributed by atoms with Crippen LogP contribution in [0.4, 0.5) is 16.2 Å². The number of hydrogen-bond donors (Lipinski definition) is 3. The van der Waals surface area contributed by atoms with Crippen molar-refractivity contribution in [2.45, 2.75) is 4.90 Å². The van der Waals surface area contributed by atoms with Gasteiger partial charge in [-0.15, -0.1) is 0 Å². The van der Waals surface area contributed by atoms with Crippen molar-refractivity contribution in [1.29, 1.82) is 0 Å². The summed E-state index contributed by atoms with van der Waals surface area (Å²) < 4.78 is 30.9. The lowest BCUT2D eigenvalue weighted by Crippen LogP contribution is -2.19. The quantitative estimate of drug-likeness (QED) is 0.600. The fraction of sp³-hybridized carbons (Fsp3) is 0. The molecule has 2 amide bonds. The average molecular weight is 368 g/mol. The summed E-state index contributed by atoms with van der Waals surface area (Å²) >= 11 is 0. The van der Waals surface area contributed by atoms with Crippen molar-refractivity contribution < 1.29 is 17.8 Å². The molecule has 132 valence electrons. The van der Waals surface area contributed by atoms with Gasteiger partial charge in [-0.05, 0) is 47.5 Å². The van der Waals surface area contributed by atoms with Crippen LogP contribution in [0.3, 0.4) is 0 Å². The van der Waals surface area contributed by atoms with Crippen LogP contribution in [0, 0.1) is 0 Å². The van der Waals surface area contributed by atoms with Crippen molar-refractivity contribution in [1.82, 2.24) is 0 Å². The molecule has 0 bridgehead atoms. The Kier molecular flexibility index (Phi) is 5.01. The van der Waals surface area contributed by atoms with Crippen LogP contribution >= 0.6 is 0 Å². The van der Waals surface area contributed by atoms with E-state index in [2.05, 4.69) is 10.6 Å². The monoisotopic (exact) mass is 368 g/mol. The topological polar surface area (TPSA) is 95.5 Å². The van der Waals surface area contributed by atoms with Crippen LogP contribution in [0.2, 0.25) is 0 Å². The summed E-state index contributed by atoms with van der Waals surface area (Å²) in [5.41, 5.74) is 3.15. The Morgan fingerprint density at radius 3 is 1.65 bits per heavy atom. The Morgan fingerprint density at radius 2 is 1.15 bits per heavy atom. The molecule has 0 radical (unpaired) electrons. The summed E-state index contributed by atoms with van der Waals surface area (Å²) in [6, 6.07) is 22.0. The molecule has 0 heterocycles. The van der Waals surface area contributed by atoms with Crippen LogP contribution in [0.1, 0.15) is 0 Å². The zero-order chi connectivity index (χ0) is 18.6. The second-order valence-corrected chi connectivity index (χ2v) is 6.94. The van der Waals surface area contributed by atoms with Gasteiger partial charge < -0.3 is 10.6 Å². The van der Waals surface area contributed by atoms with Gasteiger partial charge in [0.05, 0.1) is 4.90 Å². The van der Waals surface area contributed by atoms with Gasteiger partial charge in [0.2, 0.25) is 0 Å². The number of amides is 2. The van der Waals surface area contributed by atoms with Gasteiger partial charge in [0.15, 0.2) is 0 Å². The van der Waals surface area contributed by atoms with Gasteiger partial charge >= 0.3 is 6.03 Å². The van der Waals surface area contributed by atoms with Gasteiger partial charge in [-0.1, -0.05) is 42.5 Å². The average Bonchev–Trinajstić information content (AvgIpc) is 2.63. The van der Waals surface area contributed by atoms with Gasteiger partial charge in [-0.25, -0.2) is 4.79 Å². The summed E-state index contributed by atoms with van der Waals surface area (Å²) in [7, 11) is -4.25. The Bertz CT molecular complexity index is 1000. The van der Waals surface area contributed by atoms with Crippen LogP contribution in [0.5, 0.6) is 0 Å². The summed E-state index contributed by atoms with van der Waals surface area (Å²) in [6.07, 6.45) is 0. The normalized spacial score (nSPS) is 11.0. The van der Waals surface area contributed by atoms with Crippen molar-refractivity contribution >= 4 is 27.5 Å². The minimum atomic E-state index is -4.25. The van der Waals surface area contributed by atoms with Crippen molar-refractivity contribution in [3.05, 3.63) is 78.9 Å². The maximum Gasteiger partial charge on any atom is 0.323 e. The van der Waals surface area contributed by atoms with E-state index in [1.165, 1.54) is 24.3 Å². The zero-order valence-corrected chi connectivity index (χ0v) is 14.4. The molecular formula is C19H16N2O4S. The van der Waals surface area contributed by atoms with E-state index in [1.807, 2.05) is 42.5 Å². The molecule has 0 atom stereocenters. The number of benzene rings is 3. The molecule has 0 fully saturated rings. The maximum atomic E-state index is 12.0. The van der Waals surface area contributed by atoms with Crippen LogP contribution in [-0.2, 0) is 10.1 Å². The zero-order valence-electron chi connectivity index (χ0n) is 13.6. The lowest BCUT2D eigenvalue weighted by atomic mass is 10.1. The fourth-order valence-corrected chi connectivity index (χ4v) is 2.86. The van der Waals surface area contributed by atoms with E-state index in [0.717, 1.165) is 11.1 Å². The summed E-state index contributed by atoms with van der Waals surface area (Å²) in [4.78, 5) is 11.8. The highest BCUT2D eigenvalue weighted by Gasteiger charge is 2.09. The summed E-state index contributed by atoms with van der Waals surface area (Å²) in [6.45, 7) is 0. The van der Waals surface area contributed by atoms with Gasteiger partial charge in [0, 0.05) is 11.4 Å². The molecule has 26 heavy (non-hydrogen) atoms. The Morgan fingerprint density at radius 1 is 0.692 bits per heavy atom. The van der Waals surface area contributed by atoms with E-state index >= 15 is 0 Å². The molecule has 0 aromatic heterocycles. The second-order valence-electron chi connectivity index (χ2n) is 5.52. The molecule has 7 heteroatoms. The van der Waals surface area contributed by atoms with Crippen molar-refractivity contribution in [3.63, 3.8) is 0 Å². The maximum absolute atomic E-state index is 12.0. The second kappa shape index (κ2) is 7.38. The molecule has 0 aliphatic heterocycles. The van der Waals surface area contributed by atoms with E-state index < -0.39 is 16.1 Å². The summed E-state index contributed by atoms with van der Waals surface area (Å²) in [5.74, 6) is 0. The third kappa shape index (κ3) is 4.47. The highest BCUT2D eigenvalue weighted by molar-refractivity contribution is 7.85. The molecule has 3 N–H and O–H groups in total. The molecule has 0 saturated carbocycles. The SMILES string of the molecule is O=C(Nc1ccc(-c2ccccc2)cc1)Nc1ccc(S(=O)(=O)O)cc1. The molecule has 3 aromatic rings. The van der Waals surface area contributed by atoms with Gasteiger partial charge in [0.1, 0.15) is 0 Å². The minimum absolute atomic E-state index is 0.236. The van der Waals surface area contributed by atoms with Gasteiger partial charge in [-0.3, -0.25) is 4.55 Å². The van der Waals surface area contributed by atoms with E-state index in [9.17, 15) is 13.2 Å². The molecule has 0 aliphatic carbocycles. The summed E-state index contributed by atoms with van der Waals surface area (Å²) in [5, 5.41) is 5.29. The predicted molar refractivity (Wildman–Crippen MR) is 101 cm³/mol. The molecule has 0 saturated heterocycles. The van der Waals surface area contributed by atoms with Gasteiger partial charge in [-0.2, -0.15) is 8.42 Å². The first-order chi connectivity index (χ1) is 12.4. The standard InChI is InChI=1S/C19H16N2O4S/c22-19(21-17-10-12-18(13-11-17)26(23,24)25)20-16-8-6-15(7-9-16)14-4-2-1-3-5-14/h1-13H,(H2,20,21,22)(H,23,24,25). The smallest absolute Gasteiger partial charge is 0.308 e. The molecule has 3 rings (SSSR count). The lowest BCUT2D eigenvalue weighted by Gasteiger charge is -2.09. The Hall–Kier alpha value is -3.16. The highest BCUT2D eigenvalue weighted by Crippen LogP contribution is 2.21. The third-order valence-corrected chi connectivity index (χ3v) is 4.53. The largest absolute Gasteiger partial charge is 0.323 e. The van der Waals surface area contributed by atoms with E-state index in [1.54, 1.807) is 12.1 Å². The minimum Gasteiger partial charge on any atom is -0.308 e. The van der Waals surface area contributed by atoms with Crippen LogP contribution in [0.15, 0.2) is 83.8 Å². The number of nitrogens with one attached hydrogen (secondary N) is 2. The van der Waals surface area contributed by atoms with Crippen molar-refractivity contribution in [3.8, 4) is 11.1 Å². The number of carbonyl (C=O) groups excluding carboxylic acids is 1. The molecule has 3 aromatic carbocycles. The molecular weight excluding hydrogens is 352 g/mol. The number of urea groups is 1.